The van der Waals surface area contributed by atoms with Crippen LogP contribution in [0.15, 0.2) is 47.5 Å². The van der Waals surface area contributed by atoms with E-state index in [1.54, 1.807) is 12.1 Å². The van der Waals surface area contributed by atoms with Crippen LogP contribution in [0, 0.1) is 5.95 Å². The van der Waals surface area contributed by atoms with E-state index >= 15 is 0 Å². The van der Waals surface area contributed by atoms with Gasteiger partial charge in [-0.15, -0.1) is 0 Å². The van der Waals surface area contributed by atoms with Gasteiger partial charge in [0.05, 0.1) is 10.5 Å². The van der Waals surface area contributed by atoms with Crippen molar-refractivity contribution in [2.75, 3.05) is 18.4 Å². The molecule has 3 rings (SSSR count). The molecule has 0 radical (unpaired) electrons. The van der Waals surface area contributed by atoms with Gasteiger partial charge in [-0.1, -0.05) is 12.5 Å². The number of carbonyl (C=O) groups is 1. The SMILES string of the molecule is O=C(Nc1cccc(S(=O)(=O)N2CCCCC2)c1)c1cccnc1F. The number of hydrogen-bond acceptors (Lipinski definition) is 4. The Balaban J connectivity index is 1.82. The summed E-state index contributed by atoms with van der Waals surface area (Å²) in [5.74, 6) is -1.56. The molecule has 0 atom stereocenters. The van der Waals surface area contributed by atoms with Crippen LogP contribution >= 0.6 is 0 Å². The zero-order valence-corrected chi connectivity index (χ0v) is 14.3. The number of nitrogens with one attached hydrogen (secondary N) is 1. The number of rotatable bonds is 4. The smallest absolute Gasteiger partial charge is 0.260 e. The maximum Gasteiger partial charge on any atom is 0.260 e. The quantitative estimate of drug-likeness (QED) is 0.847. The van der Waals surface area contributed by atoms with E-state index in [0.717, 1.165) is 19.3 Å². The van der Waals surface area contributed by atoms with Crippen LogP contribution in [0.3, 0.4) is 0 Å². The molecule has 0 bridgehead atoms. The summed E-state index contributed by atoms with van der Waals surface area (Å²) < 4.78 is 40.4. The van der Waals surface area contributed by atoms with Gasteiger partial charge in [0.15, 0.2) is 0 Å². The third kappa shape index (κ3) is 3.85. The molecule has 0 unspecified atom stereocenters. The first-order chi connectivity index (χ1) is 12.0. The Morgan fingerprint density at radius 1 is 1.12 bits per heavy atom. The zero-order chi connectivity index (χ0) is 17.9. The Labute approximate surface area is 145 Å². The molecular formula is C17H18FN3O3S. The maximum absolute atomic E-state index is 13.6. The standard InChI is InChI=1S/C17H18FN3O3S/c18-16-15(8-5-9-19-16)17(22)20-13-6-4-7-14(12-13)25(23,24)21-10-2-1-3-11-21/h4-9,12H,1-3,10-11H2,(H,20,22). The number of halogens is 1. The molecule has 132 valence electrons. The number of benzene rings is 1. The van der Waals surface area contributed by atoms with Gasteiger partial charge in [-0.2, -0.15) is 8.70 Å². The molecule has 1 amide bonds. The third-order valence-corrected chi connectivity index (χ3v) is 5.94. The van der Waals surface area contributed by atoms with Crippen LogP contribution in [0.25, 0.3) is 0 Å². The molecule has 2 heterocycles. The van der Waals surface area contributed by atoms with Crippen LogP contribution in [0.2, 0.25) is 0 Å². The van der Waals surface area contributed by atoms with E-state index in [1.807, 2.05) is 0 Å². The van der Waals surface area contributed by atoms with Crippen molar-refractivity contribution < 1.29 is 17.6 Å². The fraction of sp³-hybridized carbons (Fsp3) is 0.294. The molecule has 1 aromatic heterocycles. The number of anilines is 1. The van der Waals surface area contributed by atoms with Gasteiger partial charge in [0, 0.05) is 25.0 Å². The molecule has 1 aliphatic heterocycles. The van der Waals surface area contributed by atoms with Crippen LogP contribution in [-0.4, -0.2) is 36.7 Å². The molecule has 8 heteroatoms. The Bertz CT molecular complexity index is 880. The van der Waals surface area contributed by atoms with Crippen molar-refractivity contribution in [2.24, 2.45) is 0 Å². The van der Waals surface area contributed by atoms with Crippen molar-refractivity contribution in [3.05, 3.63) is 54.1 Å². The minimum absolute atomic E-state index is 0.110. The van der Waals surface area contributed by atoms with Crippen molar-refractivity contribution in [3.63, 3.8) is 0 Å². The van der Waals surface area contributed by atoms with Gasteiger partial charge in [-0.3, -0.25) is 4.79 Å². The average molecular weight is 363 g/mol. The highest BCUT2D eigenvalue weighted by atomic mass is 32.2. The van der Waals surface area contributed by atoms with E-state index in [2.05, 4.69) is 10.3 Å². The van der Waals surface area contributed by atoms with E-state index < -0.39 is 21.9 Å². The minimum atomic E-state index is -3.60. The number of pyridine rings is 1. The van der Waals surface area contributed by atoms with Gasteiger partial charge < -0.3 is 5.32 Å². The first-order valence-corrected chi connectivity index (χ1v) is 9.44. The molecule has 6 nitrogen and oxygen atoms in total. The van der Waals surface area contributed by atoms with E-state index in [9.17, 15) is 17.6 Å². The summed E-state index contributed by atoms with van der Waals surface area (Å²) in [6.07, 6.45) is 3.96. The lowest BCUT2D eigenvalue weighted by Crippen LogP contribution is -2.35. The van der Waals surface area contributed by atoms with Crippen molar-refractivity contribution in [3.8, 4) is 0 Å². The molecule has 1 aliphatic rings. The summed E-state index contributed by atoms with van der Waals surface area (Å²) in [7, 11) is -3.60. The molecule has 0 aliphatic carbocycles. The van der Waals surface area contributed by atoms with E-state index in [1.165, 1.54) is 34.8 Å². The highest BCUT2D eigenvalue weighted by Crippen LogP contribution is 2.23. The Morgan fingerprint density at radius 2 is 1.88 bits per heavy atom. The summed E-state index contributed by atoms with van der Waals surface area (Å²) in [5, 5.41) is 2.51. The Kier molecular flexibility index (Phi) is 5.10. The molecule has 1 N–H and O–H groups in total. The topological polar surface area (TPSA) is 79.4 Å². The summed E-state index contributed by atoms with van der Waals surface area (Å²) >= 11 is 0. The molecule has 1 fully saturated rings. The second-order valence-corrected chi connectivity index (χ2v) is 7.73. The number of carbonyl (C=O) groups excluding carboxylic acids is 1. The largest absolute Gasteiger partial charge is 0.322 e. The normalized spacial score (nSPS) is 15.7. The fourth-order valence-electron chi connectivity index (χ4n) is 2.74. The Morgan fingerprint density at radius 3 is 2.60 bits per heavy atom. The summed E-state index contributed by atoms with van der Waals surface area (Å²) in [4.78, 5) is 15.7. The first-order valence-electron chi connectivity index (χ1n) is 8.00. The van der Waals surface area contributed by atoms with Crippen LogP contribution in [0.5, 0.6) is 0 Å². The lowest BCUT2D eigenvalue weighted by molar-refractivity contribution is 0.102. The van der Waals surface area contributed by atoms with E-state index in [4.69, 9.17) is 0 Å². The summed E-state index contributed by atoms with van der Waals surface area (Å²) in [6, 6.07) is 8.75. The van der Waals surface area contributed by atoms with Gasteiger partial charge in [0.25, 0.3) is 5.91 Å². The highest BCUT2D eigenvalue weighted by molar-refractivity contribution is 7.89. The monoisotopic (exact) mass is 363 g/mol. The number of amides is 1. The lowest BCUT2D eigenvalue weighted by Gasteiger charge is -2.26. The van der Waals surface area contributed by atoms with Crippen LogP contribution in [-0.2, 0) is 10.0 Å². The van der Waals surface area contributed by atoms with E-state index in [0.29, 0.717) is 13.1 Å². The molecule has 0 spiro atoms. The van der Waals surface area contributed by atoms with Crippen molar-refractivity contribution in [1.82, 2.24) is 9.29 Å². The van der Waals surface area contributed by atoms with Gasteiger partial charge in [-0.25, -0.2) is 13.4 Å². The predicted octanol–water partition coefficient (Wildman–Crippen LogP) is 2.65. The average Bonchev–Trinajstić information content (AvgIpc) is 2.63. The van der Waals surface area contributed by atoms with Gasteiger partial charge in [0.1, 0.15) is 0 Å². The molecule has 0 saturated carbocycles. The zero-order valence-electron chi connectivity index (χ0n) is 13.5. The summed E-state index contributed by atoms with van der Waals surface area (Å²) in [5.41, 5.74) is 0.0816. The third-order valence-electron chi connectivity index (χ3n) is 4.05. The first kappa shape index (κ1) is 17.5. The van der Waals surface area contributed by atoms with Gasteiger partial charge in [-0.05, 0) is 43.2 Å². The minimum Gasteiger partial charge on any atom is -0.322 e. The maximum atomic E-state index is 13.6. The van der Waals surface area contributed by atoms with E-state index in [-0.39, 0.29) is 16.1 Å². The molecule has 2 aromatic rings. The summed E-state index contributed by atoms with van der Waals surface area (Å²) in [6.45, 7) is 1.000. The van der Waals surface area contributed by atoms with Crippen molar-refractivity contribution >= 4 is 21.6 Å². The van der Waals surface area contributed by atoms with Gasteiger partial charge >= 0.3 is 0 Å². The number of nitrogens with zero attached hydrogens (tertiary/aromatic N) is 2. The Hall–Kier alpha value is -2.32. The highest BCUT2D eigenvalue weighted by Gasteiger charge is 2.26. The lowest BCUT2D eigenvalue weighted by atomic mass is 10.2. The second-order valence-electron chi connectivity index (χ2n) is 5.79. The van der Waals surface area contributed by atoms with Crippen LogP contribution in [0.4, 0.5) is 10.1 Å². The second kappa shape index (κ2) is 7.28. The van der Waals surface area contributed by atoms with Crippen LogP contribution in [0.1, 0.15) is 29.6 Å². The number of piperidine rings is 1. The molecular weight excluding hydrogens is 345 g/mol. The van der Waals surface area contributed by atoms with Crippen molar-refractivity contribution in [1.29, 1.82) is 0 Å². The predicted molar refractivity (Wildman–Crippen MR) is 91.2 cm³/mol. The number of aromatic nitrogens is 1. The number of sulfonamides is 1. The molecule has 1 aromatic carbocycles. The van der Waals surface area contributed by atoms with Crippen molar-refractivity contribution in [2.45, 2.75) is 24.2 Å². The van der Waals surface area contributed by atoms with Gasteiger partial charge in [0.2, 0.25) is 16.0 Å². The fourth-order valence-corrected chi connectivity index (χ4v) is 4.31. The molecule has 1 saturated heterocycles. The number of hydrogen-bond donors (Lipinski definition) is 1. The molecule has 25 heavy (non-hydrogen) atoms. The van der Waals surface area contributed by atoms with Crippen LogP contribution < -0.4 is 5.32 Å².